The van der Waals surface area contributed by atoms with Crippen molar-refractivity contribution < 1.29 is 17.1 Å². The van der Waals surface area contributed by atoms with Crippen LogP contribution in [0, 0.1) is 6.42 Å². The van der Waals surface area contributed by atoms with E-state index in [0.717, 1.165) is 0 Å². The molecule has 5 heavy (non-hydrogen) atoms. The minimum Gasteiger partial charge on any atom is -0.332 e. The predicted octanol–water partition coefficient (Wildman–Crippen LogP) is 1.62. The molecule has 0 nitrogen and oxygen atoms in total. The molecule has 36 valence electrons. The Morgan fingerprint density at radius 2 is 1.80 bits per heavy atom. The van der Waals surface area contributed by atoms with E-state index in [2.05, 4.69) is 20.3 Å². The van der Waals surface area contributed by atoms with E-state index in [1.54, 1.807) is 0 Å². The topological polar surface area (TPSA) is 0 Å². The van der Waals surface area contributed by atoms with E-state index in [4.69, 9.17) is 0 Å². The van der Waals surface area contributed by atoms with Crippen LogP contribution in [0.25, 0.3) is 0 Å². The van der Waals surface area contributed by atoms with Crippen LogP contribution >= 0.6 is 0 Å². The van der Waals surface area contributed by atoms with Crippen LogP contribution in [0.1, 0.15) is 20.3 Å². The van der Waals surface area contributed by atoms with E-state index in [1.165, 1.54) is 6.42 Å². The normalized spacial score (nSPS) is 6.00. The molecule has 1 heteroatoms. The Bertz CT molecular complexity index is 5.61. The third-order valence-corrected chi connectivity index (χ3v) is 0.408. The molecule has 0 aromatic heterocycles. The summed E-state index contributed by atoms with van der Waals surface area (Å²) in [5.41, 5.74) is 0. The first-order valence-electron chi connectivity index (χ1n) is 1.69. The molecule has 0 rings (SSSR count). The summed E-state index contributed by atoms with van der Waals surface area (Å²) in [6.07, 6.45) is 3.32. The molecule has 0 aliphatic heterocycles. The molecule has 0 saturated carbocycles. The Kier molecular flexibility index (Phi) is 16.1. The fourth-order valence-corrected chi connectivity index (χ4v) is 0. The zero-order valence-corrected chi connectivity index (χ0v) is 4.53. The van der Waals surface area contributed by atoms with E-state index >= 15 is 0 Å². The van der Waals surface area contributed by atoms with E-state index in [-0.39, 0.29) is 17.1 Å². The first-order chi connectivity index (χ1) is 1.91. The van der Waals surface area contributed by atoms with Gasteiger partial charge in [-0.2, -0.15) is 13.3 Å². The van der Waals surface area contributed by atoms with Crippen LogP contribution in [0.15, 0.2) is 0 Å². The molecule has 0 radical (unpaired) electrons. The van der Waals surface area contributed by atoms with Gasteiger partial charge in [0.25, 0.3) is 0 Å². The minimum absolute atomic E-state index is 0. The van der Waals surface area contributed by atoms with Gasteiger partial charge in [0.1, 0.15) is 0 Å². The number of rotatable bonds is 1. The molecule has 0 heterocycles. The van der Waals surface area contributed by atoms with Gasteiger partial charge in [-0.05, 0) is 0 Å². The second-order valence-corrected chi connectivity index (χ2v) is 0.816. The van der Waals surface area contributed by atoms with Crippen molar-refractivity contribution in [2.75, 3.05) is 0 Å². The maximum Gasteiger partial charge on any atom is 1.00 e. The molecular weight excluding hydrogens is 112 g/mol. The number of unbranched alkanes of at least 4 members (excludes halogenated alkanes) is 1. The van der Waals surface area contributed by atoms with E-state index in [1.807, 2.05) is 0 Å². The fraction of sp³-hybridized carbons (Fsp3) is 0.750. The van der Waals surface area contributed by atoms with Gasteiger partial charge in [-0.25, -0.2) is 0 Å². The van der Waals surface area contributed by atoms with Crippen molar-refractivity contribution in [3.63, 3.8) is 0 Å². The molecular formula is C4H9Cu. The van der Waals surface area contributed by atoms with Crippen LogP contribution in [0.4, 0.5) is 0 Å². The Labute approximate surface area is 44.4 Å². The zero-order valence-electron chi connectivity index (χ0n) is 3.59. The second kappa shape index (κ2) is 8.82. The summed E-state index contributed by atoms with van der Waals surface area (Å²) < 4.78 is 0. The minimum atomic E-state index is 0. The van der Waals surface area contributed by atoms with Crippen LogP contribution in [0.2, 0.25) is 0 Å². The number of hydrogen-bond acceptors (Lipinski definition) is 0. The van der Waals surface area contributed by atoms with Crippen LogP contribution in [-0.2, 0) is 17.1 Å². The Morgan fingerprint density at radius 3 is 1.80 bits per heavy atom. The van der Waals surface area contributed by atoms with Gasteiger partial charge in [0, 0.05) is 0 Å². The average molecular weight is 121 g/mol. The van der Waals surface area contributed by atoms with Gasteiger partial charge < -0.3 is 6.42 Å². The standard InChI is InChI=1S/C4H9.Cu/c1-3-4-2;/h3H,4H2,1-2H3;/q-1;+1. The smallest absolute Gasteiger partial charge is 0.332 e. The van der Waals surface area contributed by atoms with Crippen LogP contribution in [0.5, 0.6) is 0 Å². The van der Waals surface area contributed by atoms with Gasteiger partial charge in [-0.15, -0.1) is 0 Å². The summed E-state index contributed by atoms with van der Waals surface area (Å²) in [7, 11) is 0. The molecule has 0 unspecified atom stereocenters. The summed E-state index contributed by atoms with van der Waals surface area (Å²) >= 11 is 0. The monoisotopic (exact) mass is 120 g/mol. The van der Waals surface area contributed by atoms with Gasteiger partial charge in [0.2, 0.25) is 0 Å². The second-order valence-electron chi connectivity index (χ2n) is 0.816. The predicted molar refractivity (Wildman–Crippen MR) is 20.3 cm³/mol. The van der Waals surface area contributed by atoms with Gasteiger partial charge >= 0.3 is 17.1 Å². The van der Waals surface area contributed by atoms with Crippen molar-refractivity contribution >= 4 is 0 Å². The van der Waals surface area contributed by atoms with E-state index in [0.29, 0.717) is 0 Å². The number of hydrogen-bond donors (Lipinski definition) is 0. The van der Waals surface area contributed by atoms with Crippen molar-refractivity contribution in [1.29, 1.82) is 0 Å². The van der Waals surface area contributed by atoms with Crippen molar-refractivity contribution in [2.24, 2.45) is 0 Å². The fourth-order valence-electron chi connectivity index (χ4n) is 0. The van der Waals surface area contributed by atoms with Crippen LogP contribution < -0.4 is 0 Å². The summed E-state index contributed by atoms with van der Waals surface area (Å²) in [6, 6.07) is 0. The van der Waals surface area contributed by atoms with Crippen LogP contribution in [-0.4, -0.2) is 0 Å². The molecule has 0 amide bonds. The first-order valence-corrected chi connectivity index (χ1v) is 1.69. The van der Waals surface area contributed by atoms with E-state index < -0.39 is 0 Å². The Balaban J connectivity index is 0. The first kappa shape index (κ1) is 9.10. The molecule has 0 aromatic carbocycles. The summed E-state index contributed by atoms with van der Waals surface area (Å²) in [6.45, 7) is 4.18. The Morgan fingerprint density at radius 1 is 1.60 bits per heavy atom. The zero-order chi connectivity index (χ0) is 3.41. The van der Waals surface area contributed by atoms with Gasteiger partial charge in [-0.3, -0.25) is 0 Å². The molecule has 0 N–H and O–H groups in total. The van der Waals surface area contributed by atoms with Crippen molar-refractivity contribution in [1.82, 2.24) is 0 Å². The summed E-state index contributed by atoms with van der Waals surface area (Å²) in [5, 5.41) is 0. The molecule has 0 fully saturated rings. The van der Waals surface area contributed by atoms with E-state index in [9.17, 15) is 0 Å². The van der Waals surface area contributed by atoms with Gasteiger partial charge in [0.05, 0.1) is 0 Å². The molecule has 0 bridgehead atoms. The maximum absolute atomic E-state index is 2.12. The van der Waals surface area contributed by atoms with Gasteiger partial charge in [-0.1, -0.05) is 6.92 Å². The summed E-state index contributed by atoms with van der Waals surface area (Å²) in [5.74, 6) is 0. The third-order valence-electron chi connectivity index (χ3n) is 0.408. The average Bonchev–Trinajstić information content (AvgIpc) is 1.37. The molecule has 0 atom stereocenters. The largest absolute Gasteiger partial charge is 1.00 e. The quantitative estimate of drug-likeness (QED) is 0.365. The maximum atomic E-state index is 2.12. The van der Waals surface area contributed by atoms with Crippen molar-refractivity contribution in [3.8, 4) is 0 Å². The van der Waals surface area contributed by atoms with Crippen molar-refractivity contribution in [3.05, 3.63) is 6.42 Å². The molecule has 0 saturated heterocycles. The summed E-state index contributed by atoms with van der Waals surface area (Å²) in [4.78, 5) is 0. The Hall–Kier alpha value is 0.519. The molecule has 0 spiro atoms. The molecule has 0 aliphatic carbocycles. The third kappa shape index (κ3) is 12.4. The van der Waals surface area contributed by atoms with Gasteiger partial charge in [0.15, 0.2) is 0 Å². The van der Waals surface area contributed by atoms with Crippen LogP contribution in [0.3, 0.4) is 0 Å². The molecule has 0 aliphatic rings. The SMILES string of the molecule is C[CH-]CC.[Cu+]. The van der Waals surface area contributed by atoms with Crippen molar-refractivity contribution in [2.45, 2.75) is 20.3 Å². The molecule has 0 aromatic rings.